The standard InChI is InChI=1S/C15H31NO4/c1-4-5-6-7-8-9-10-20-13-14(17)11-16(2,3)12-15(18)19/h14,17H,4-13H2,1-3H3. The molecule has 0 rings (SSSR count). The highest BCUT2D eigenvalue weighted by Crippen LogP contribution is 2.05. The predicted molar refractivity (Wildman–Crippen MR) is 77.1 cm³/mol. The van der Waals surface area contributed by atoms with Gasteiger partial charge in [0.25, 0.3) is 0 Å². The van der Waals surface area contributed by atoms with Gasteiger partial charge in [0, 0.05) is 6.61 Å². The molecule has 5 heteroatoms. The van der Waals surface area contributed by atoms with Gasteiger partial charge >= 0.3 is 0 Å². The first-order valence-corrected chi connectivity index (χ1v) is 7.65. The van der Waals surface area contributed by atoms with Crippen LogP contribution >= 0.6 is 0 Å². The molecular formula is C15H31NO4. The Labute approximate surface area is 123 Å². The first-order valence-electron chi connectivity index (χ1n) is 7.65. The van der Waals surface area contributed by atoms with Crippen molar-refractivity contribution < 1.29 is 24.2 Å². The molecular weight excluding hydrogens is 258 g/mol. The first-order chi connectivity index (χ1) is 9.37. The van der Waals surface area contributed by atoms with E-state index in [0.717, 1.165) is 6.42 Å². The van der Waals surface area contributed by atoms with Crippen molar-refractivity contribution >= 4 is 5.97 Å². The van der Waals surface area contributed by atoms with Crippen molar-refractivity contribution in [3.8, 4) is 0 Å². The van der Waals surface area contributed by atoms with Gasteiger partial charge in [-0.2, -0.15) is 0 Å². The van der Waals surface area contributed by atoms with Crippen LogP contribution in [-0.4, -0.2) is 62.1 Å². The summed E-state index contributed by atoms with van der Waals surface area (Å²) in [6, 6.07) is 0. The quantitative estimate of drug-likeness (QED) is 0.397. The van der Waals surface area contributed by atoms with Crippen molar-refractivity contribution in [3.05, 3.63) is 0 Å². The SMILES string of the molecule is CCCCCCCCOCC(O)C[N+](C)(C)CC(=O)[O-]. The summed E-state index contributed by atoms with van der Waals surface area (Å²) in [5, 5.41) is 20.4. The number of rotatable bonds is 13. The smallest absolute Gasteiger partial charge is 0.126 e. The van der Waals surface area contributed by atoms with Gasteiger partial charge in [-0.15, -0.1) is 0 Å². The average molecular weight is 289 g/mol. The van der Waals surface area contributed by atoms with Gasteiger partial charge in [-0.1, -0.05) is 39.0 Å². The van der Waals surface area contributed by atoms with E-state index < -0.39 is 12.1 Å². The number of likely N-dealkylation sites (N-methyl/N-ethyl adjacent to an activating group) is 1. The van der Waals surface area contributed by atoms with Crippen LogP contribution in [0.25, 0.3) is 0 Å². The summed E-state index contributed by atoms with van der Waals surface area (Å²) >= 11 is 0. The van der Waals surface area contributed by atoms with Crippen LogP contribution in [0.5, 0.6) is 0 Å². The van der Waals surface area contributed by atoms with E-state index in [2.05, 4.69) is 6.92 Å². The maximum atomic E-state index is 10.6. The minimum Gasteiger partial charge on any atom is -0.544 e. The molecule has 0 aliphatic carbocycles. The monoisotopic (exact) mass is 289 g/mol. The van der Waals surface area contributed by atoms with Gasteiger partial charge in [-0.3, -0.25) is 0 Å². The molecule has 1 unspecified atom stereocenters. The van der Waals surface area contributed by atoms with Crippen molar-refractivity contribution in [3.63, 3.8) is 0 Å². The molecule has 0 fully saturated rings. The molecule has 0 aromatic rings. The molecule has 0 saturated carbocycles. The lowest BCUT2D eigenvalue weighted by atomic mass is 10.1. The molecule has 0 heterocycles. The Kier molecular flexibility index (Phi) is 10.7. The molecule has 5 nitrogen and oxygen atoms in total. The van der Waals surface area contributed by atoms with Crippen LogP contribution in [0.3, 0.4) is 0 Å². The maximum Gasteiger partial charge on any atom is 0.126 e. The van der Waals surface area contributed by atoms with E-state index in [9.17, 15) is 15.0 Å². The molecule has 0 radical (unpaired) electrons. The fourth-order valence-corrected chi connectivity index (χ4v) is 2.24. The zero-order valence-electron chi connectivity index (χ0n) is 13.3. The van der Waals surface area contributed by atoms with Crippen molar-refractivity contribution in [2.75, 3.05) is 40.4 Å². The highest BCUT2D eigenvalue weighted by atomic mass is 16.5. The van der Waals surface area contributed by atoms with Gasteiger partial charge in [-0.25, -0.2) is 0 Å². The van der Waals surface area contributed by atoms with E-state index in [1.807, 2.05) is 0 Å². The normalized spacial score (nSPS) is 13.4. The van der Waals surface area contributed by atoms with Crippen LogP contribution in [0, 0.1) is 0 Å². The van der Waals surface area contributed by atoms with Gasteiger partial charge in [0.2, 0.25) is 0 Å². The number of quaternary nitrogens is 1. The van der Waals surface area contributed by atoms with Crippen LogP contribution in [0.15, 0.2) is 0 Å². The van der Waals surface area contributed by atoms with E-state index in [0.29, 0.717) is 13.2 Å². The minimum absolute atomic E-state index is 0.103. The molecule has 0 aromatic carbocycles. The molecule has 1 atom stereocenters. The number of unbranched alkanes of at least 4 members (excludes halogenated alkanes) is 5. The topological polar surface area (TPSA) is 69.6 Å². The lowest BCUT2D eigenvalue weighted by Crippen LogP contribution is -2.52. The third-order valence-corrected chi connectivity index (χ3v) is 3.21. The Hall–Kier alpha value is -0.650. The second kappa shape index (κ2) is 11.1. The molecule has 0 bridgehead atoms. The molecule has 0 saturated heterocycles. The zero-order chi connectivity index (χ0) is 15.4. The van der Waals surface area contributed by atoms with Crippen molar-refractivity contribution in [2.24, 2.45) is 0 Å². The molecule has 0 spiro atoms. The molecule has 0 aliphatic heterocycles. The number of aliphatic hydroxyl groups excluding tert-OH is 1. The van der Waals surface area contributed by atoms with Crippen LogP contribution in [-0.2, 0) is 9.53 Å². The fourth-order valence-electron chi connectivity index (χ4n) is 2.24. The number of nitrogens with zero attached hydrogens (tertiary/aromatic N) is 1. The van der Waals surface area contributed by atoms with Gasteiger partial charge < -0.3 is 24.2 Å². The number of carbonyl (C=O) groups is 1. The molecule has 1 N–H and O–H groups in total. The Balaban J connectivity index is 3.53. The number of aliphatic hydroxyl groups is 1. The average Bonchev–Trinajstić information content (AvgIpc) is 2.30. The second-order valence-electron chi connectivity index (χ2n) is 6.14. The summed E-state index contributed by atoms with van der Waals surface area (Å²) in [4.78, 5) is 10.6. The summed E-state index contributed by atoms with van der Waals surface area (Å²) in [5.41, 5.74) is 0. The van der Waals surface area contributed by atoms with E-state index in [4.69, 9.17) is 4.74 Å². The number of aliphatic carboxylic acids is 1. The number of ether oxygens (including phenoxy) is 1. The van der Waals surface area contributed by atoms with Crippen molar-refractivity contribution in [1.82, 2.24) is 0 Å². The van der Waals surface area contributed by atoms with E-state index in [-0.39, 0.29) is 17.6 Å². The van der Waals surface area contributed by atoms with Crippen molar-refractivity contribution in [2.45, 2.75) is 51.6 Å². The maximum absolute atomic E-state index is 10.6. The highest BCUT2D eigenvalue weighted by Gasteiger charge is 2.20. The number of hydrogen-bond acceptors (Lipinski definition) is 4. The Morgan fingerprint density at radius 1 is 1.20 bits per heavy atom. The van der Waals surface area contributed by atoms with Gasteiger partial charge in [0.1, 0.15) is 19.2 Å². The molecule has 0 amide bonds. The third-order valence-electron chi connectivity index (χ3n) is 3.21. The van der Waals surface area contributed by atoms with Crippen molar-refractivity contribution in [1.29, 1.82) is 0 Å². The second-order valence-corrected chi connectivity index (χ2v) is 6.14. The van der Waals surface area contributed by atoms with E-state index in [1.54, 1.807) is 14.1 Å². The van der Waals surface area contributed by atoms with Crippen LogP contribution < -0.4 is 5.11 Å². The summed E-state index contributed by atoms with van der Waals surface area (Å²) in [5.74, 6) is -1.10. The summed E-state index contributed by atoms with van der Waals surface area (Å²) < 4.78 is 5.63. The largest absolute Gasteiger partial charge is 0.544 e. The number of carbonyl (C=O) groups excluding carboxylic acids is 1. The lowest BCUT2D eigenvalue weighted by Gasteiger charge is -2.31. The van der Waals surface area contributed by atoms with Gasteiger partial charge in [0.05, 0.1) is 26.7 Å². The van der Waals surface area contributed by atoms with E-state index in [1.165, 1.54) is 32.1 Å². The Morgan fingerprint density at radius 3 is 2.40 bits per heavy atom. The molecule has 0 aliphatic rings. The molecule has 120 valence electrons. The lowest BCUT2D eigenvalue weighted by molar-refractivity contribution is -0.887. The summed E-state index contributed by atoms with van der Waals surface area (Å²) in [6.07, 6.45) is 6.64. The number of carboxylic acid groups (broad SMARTS) is 1. The summed E-state index contributed by atoms with van der Waals surface area (Å²) in [7, 11) is 3.51. The fraction of sp³-hybridized carbons (Fsp3) is 0.933. The number of carboxylic acids is 1. The predicted octanol–water partition coefficient (Wildman–Crippen LogP) is 0.551. The van der Waals surface area contributed by atoms with E-state index >= 15 is 0 Å². The minimum atomic E-state index is -1.10. The van der Waals surface area contributed by atoms with Crippen LogP contribution in [0.2, 0.25) is 0 Å². The zero-order valence-corrected chi connectivity index (χ0v) is 13.3. The van der Waals surface area contributed by atoms with Crippen LogP contribution in [0.4, 0.5) is 0 Å². The molecule has 20 heavy (non-hydrogen) atoms. The first kappa shape index (κ1) is 19.4. The van der Waals surface area contributed by atoms with Gasteiger partial charge in [-0.05, 0) is 6.42 Å². The van der Waals surface area contributed by atoms with Gasteiger partial charge in [0.15, 0.2) is 0 Å². The molecule has 0 aromatic heterocycles. The number of hydrogen-bond donors (Lipinski definition) is 1. The Bertz CT molecular complexity index is 256. The highest BCUT2D eigenvalue weighted by molar-refractivity contribution is 5.65. The Morgan fingerprint density at radius 2 is 1.80 bits per heavy atom. The third kappa shape index (κ3) is 12.4. The van der Waals surface area contributed by atoms with Crippen LogP contribution in [0.1, 0.15) is 45.4 Å². The summed E-state index contributed by atoms with van der Waals surface area (Å²) in [6.45, 7) is 3.38.